The van der Waals surface area contributed by atoms with Crippen molar-refractivity contribution in [1.29, 1.82) is 0 Å². The Morgan fingerprint density at radius 3 is 1.37 bits per heavy atom. The highest BCUT2D eigenvalue weighted by atomic mass is 16.2. The molecule has 0 saturated carbocycles. The van der Waals surface area contributed by atoms with E-state index in [1.54, 1.807) is 24.3 Å². The summed E-state index contributed by atoms with van der Waals surface area (Å²) >= 11 is 0. The topological polar surface area (TPSA) is 58.2 Å². The molecule has 0 unspecified atom stereocenters. The molecule has 0 bridgehead atoms. The van der Waals surface area contributed by atoms with Gasteiger partial charge in [0.25, 0.3) is 11.8 Å². The van der Waals surface area contributed by atoms with E-state index in [0.717, 1.165) is 21.9 Å². The maximum atomic E-state index is 12.8. The van der Waals surface area contributed by atoms with Gasteiger partial charge in [0, 0.05) is 21.9 Å². The Morgan fingerprint density at radius 1 is 0.500 bits per heavy atom. The third-order valence-corrected chi connectivity index (χ3v) is 5.24. The van der Waals surface area contributed by atoms with Crippen LogP contribution < -0.4 is 10.6 Å². The second-order valence-electron chi connectivity index (χ2n) is 7.13. The Kier molecular flexibility index (Phi) is 4.37. The smallest absolute Gasteiger partial charge is 0.255 e. The minimum atomic E-state index is -0.192. The van der Waals surface area contributed by atoms with Gasteiger partial charge in [0.2, 0.25) is 0 Å². The maximum absolute atomic E-state index is 12.8. The van der Waals surface area contributed by atoms with Gasteiger partial charge >= 0.3 is 0 Å². The van der Waals surface area contributed by atoms with Crippen LogP contribution in [0, 0.1) is 0 Å². The first-order valence-corrected chi connectivity index (χ1v) is 9.71. The first-order chi connectivity index (χ1) is 14.7. The van der Waals surface area contributed by atoms with Crippen LogP contribution in [0.3, 0.4) is 0 Å². The summed E-state index contributed by atoms with van der Waals surface area (Å²) in [5.74, 6) is -0.384. The van der Waals surface area contributed by atoms with Crippen LogP contribution in [-0.4, -0.2) is 11.8 Å². The van der Waals surface area contributed by atoms with Gasteiger partial charge in [-0.05, 0) is 47.5 Å². The largest absolute Gasteiger partial charge is 0.321 e. The van der Waals surface area contributed by atoms with E-state index in [9.17, 15) is 9.59 Å². The van der Waals surface area contributed by atoms with Crippen LogP contribution in [0.15, 0.2) is 84.9 Å². The third-order valence-electron chi connectivity index (χ3n) is 5.24. The van der Waals surface area contributed by atoms with Gasteiger partial charge in [-0.1, -0.05) is 60.7 Å². The normalized spacial score (nSPS) is 11.5. The van der Waals surface area contributed by atoms with Gasteiger partial charge in [0.1, 0.15) is 0 Å². The standard InChI is InChI=1S/C26H18N2O2/c29-25(19-7-3-1-4-8-19)27-21-15-13-17-11-12-18-14-16-22(24(21)23(17)18)28-26(30)20-9-5-2-6-10-20/h1-16H,(H,27,29)(H,28,30). The van der Waals surface area contributed by atoms with Crippen LogP contribution >= 0.6 is 0 Å². The first-order valence-electron chi connectivity index (χ1n) is 9.71. The number of anilines is 2. The molecule has 0 spiro atoms. The number of hydrogen-bond acceptors (Lipinski definition) is 2. The third kappa shape index (κ3) is 3.14. The highest BCUT2D eigenvalue weighted by Crippen LogP contribution is 2.40. The van der Waals surface area contributed by atoms with Crippen LogP contribution in [0.25, 0.3) is 22.9 Å². The fraction of sp³-hybridized carbons (Fsp3) is 0. The van der Waals surface area contributed by atoms with Gasteiger partial charge in [-0.3, -0.25) is 9.59 Å². The zero-order valence-electron chi connectivity index (χ0n) is 16.1. The number of carbonyl (C=O) groups excluding carboxylic acids is 2. The molecule has 0 heterocycles. The van der Waals surface area contributed by atoms with Gasteiger partial charge in [-0.15, -0.1) is 0 Å². The molecule has 144 valence electrons. The Bertz CT molecular complexity index is 1210. The number of carbonyl (C=O) groups is 2. The van der Waals surface area contributed by atoms with E-state index in [2.05, 4.69) is 10.6 Å². The molecule has 0 saturated heterocycles. The molecular formula is C26H18N2O2. The molecular weight excluding hydrogens is 372 g/mol. The predicted molar refractivity (Wildman–Crippen MR) is 122 cm³/mol. The average molecular weight is 390 g/mol. The monoisotopic (exact) mass is 390 g/mol. The SMILES string of the molecule is O=C(Nc1ccc2c3c(ccc(NC(=O)c4ccccc4)c13)C=C2)c1ccccc1. The lowest BCUT2D eigenvalue weighted by Gasteiger charge is -2.16. The van der Waals surface area contributed by atoms with Crippen LogP contribution in [-0.2, 0) is 0 Å². The molecule has 30 heavy (non-hydrogen) atoms. The molecule has 0 aliphatic heterocycles. The van der Waals surface area contributed by atoms with Crippen molar-refractivity contribution in [2.75, 3.05) is 10.6 Å². The van der Waals surface area contributed by atoms with Crippen molar-refractivity contribution >= 4 is 46.1 Å². The van der Waals surface area contributed by atoms with Crippen molar-refractivity contribution in [2.24, 2.45) is 0 Å². The maximum Gasteiger partial charge on any atom is 0.255 e. The van der Waals surface area contributed by atoms with Crippen LogP contribution in [0.1, 0.15) is 31.8 Å². The summed E-state index contributed by atoms with van der Waals surface area (Å²) in [7, 11) is 0. The molecule has 4 nitrogen and oxygen atoms in total. The molecule has 0 fully saturated rings. The second-order valence-corrected chi connectivity index (χ2v) is 7.13. The van der Waals surface area contributed by atoms with Gasteiger partial charge < -0.3 is 10.6 Å². The molecule has 0 radical (unpaired) electrons. The summed E-state index contributed by atoms with van der Waals surface area (Å²) in [6.45, 7) is 0. The van der Waals surface area contributed by atoms with E-state index >= 15 is 0 Å². The molecule has 5 rings (SSSR count). The van der Waals surface area contributed by atoms with Crippen molar-refractivity contribution in [3.05, 3.63) is 107 Å². The summed E-state index contributed by atoms with van der Waals surface area (Å²) in [5.41, 5.74) is 4.61. The lowest BCUT2D eigenvalue weighted by Crippen LogP contribution is -2.14. The van der Waals surface area contributed by atoms with Gasteiger partial charge in [0.05, 0.1) is 11.4 Å². The average Bonchev–Trinajstić information content (AvgIpc) is 3.22. The van der Waals surface area contributed by atoms with E-state index in [1.165, 1.54) is 0 Å². The fourth-order valence-corrected chi connectivity index (χ4v) is 3.78. The minimum absolute atomic E-state index is 0.192. The van der Waals surface area contributed by atoms with E-state index < -0.39 is 0 Å². The van der Waals surface area contributed by atoms with Crippen LogP contribution in [0.2, 0.25) is 0 Å². The number of benzene rings is 4. The summed E-state index contributed by atoms with van der Waals surface area (Å²) < 4.78 is 0. The zero-order chi connectivity index (χ0) is 20.5. The number of hydrogen-bond donors (Lipinski definition) is 2. The van der Waals surface area contributed by atoms with Crippen LogP contribution in [0.5, 0.6) is 0 Å². The second kappa shape index (κ2) is 7.33. The molecule has 2 amide bonds. The van der Waals surface area contributed by atoms with Gasteiger partial charge in [-0.2, -0.15) is 0 Å². The lowest BCUT2D eigenvalue weighted by atomic mass is 10.00. The summed E-state index contributed by atoms with van der Waals surface area (Å²) in [5, 5.41) is 7.88. The first kappa shape index (κ1) is 17.9. The Morgan fingerprint density at radius 2 is 0.933 bits per heavy atom. The molecule has 4 aromatic rings. The highest BCUT2D eigenvalue weighted by molar-refractivity contribution is 6.20. The Balaban J connectivity index is 1.58. The van der Waals surface area contributed by atoms with E-state index in [0.29, 0.717) is 22.5 Å². The number of rotatable bonds is 4. The summed E-state index contributed by atoms with van der Waals surface area (Å²) in [6.07, 6.45) is 4.09. The molecule has 1 aliphatic carbocycles. The molecule has 2 N–H and O–H groups in total. The zero-order valence-corrected chi connectivity index (χ0v) is 16.1. The van der Waals surface area contributed by atoms with E-state index in [1.807, 2.05) is 72.8 Å². The molecule has 1 aliphatic rings. The highest BCUT2D eigenvalue weighted by Gasteiger charge is 2.18. The lowest BCUT2D eigenvalue weighted by molar-refractivity contribution is 0.101. The van der Waals surface area contributed by atoms with Crippen molar-refractivity contribution in [1.82, 2.24) is 0 Å². The molecule has 4 heteroatoms. The summed E-state index contributed by atoms with van der Waals surface area (Å²) in [4.78, 5) is 25.6. The Labute approximate surface area is 173 Å². The molecule has 4 aromatic carbocycles. The van der Waals surface area contributed by atoms with Gasteiger partial charge in [-0.25, -0.2) is 0 Å². The predicted octanol–water partition coefficient (Wildman–Crippen LogP) is 5.83. The quantitative estimate of drug-likeness (QED) is 0.406. The number of amides is 2. The number of nitrogens with one attached hydrogen (secondary N) is 2. The van der Waals surface area contributed by atoms with E-state index in [4.69, 9.17) is 0 Å². The fourth-order valence-electron chi connectivity index (χ4n) is 3.78. The van der Waals surface area contributed by atoms with Crippen molar-refractivity contribution in [3.63, 3.8) is 0 Å². The van der Waals surface area contributed by atoms with Crippen molar-refractivity contribution < 1.29 is 9.59 Å². The minimum Gasteiger partial charge on any atom is -0.321 e. The van der Waals surface area contributed by atoms with E-state index in [-0.39, 0.29) is 11.8 Å². The molecule has 0 atom stereocenters. The van der Waals surface area contributed by atoms with Crippen molar-refractivity contribution in [2.45, 2.75) is 0 Å². The van der Waals surface area contributed by atoms with Gasteiger partial charge in [0.15, 0.2) is 0 Å². The molecule has 0 aromatic heterocycles. The Hall–Kier alpha value is -4.18. The summed E-state index contributed by atoms with van der Waals surface area (Å²) in [6, 6.07) is 25.9. The van der Waals surface area contributed by atoms with Crippen LogP contribution in [0.4, 0.5) is 11.4 Å². The van der Waals surface area contributed by atoms with Crippen molar-refractivity contribution in [3.8, 4) is 0 Å².